The lowest BCUT2D eigenvalue weighted by Gasteiger charge is -2.17. The largest absolute Gasteiger partial charge is 0.309 e. The minimum atomic E-state index is 0.946. The third-order valence-electron chi connectivity index (χ3n) is 11.6. The molecule has 0 aliphatic heterocycles. The van der Waals surface area contributed by atoms with Gasteiger partial charge in [-0.3, -0.25) is 4.98 Å². The molecule has 0 atom stereocenters. The first-order valence-electron chi connectivity index (χ1n) is 20.9. The Morgan fingerprint density at radius 3 is 1.55 bits per heavy atom. The molecule has 0 aliphatic rings. The monoisotopic (exact) mass is 772 g/mol. The molecule has 0 bridgehead atoms. The smallest absolute Gasteiger partial charge is 0.0628 e. The average Bonchev–Trinajstić information content (AvgIpc) is 3.94. The molecule has 288 valence electrons. The first-order chi connectivity index (χ1) is 29.7. The Labute approximate surface area is 350 Å². The number of aromatic nitrogens is 4. The Morgan fingerprint density at radius 2 is 1.00 bits per heavy atom. The van der Waals surface area contributed by atoms with E-state index in [4.69, 9.17) is 4.98 Å². The minimum absolute atomic E-state index is 0.946. The van der Waals surface area contributed by atoms with Crippen LogP contribution in [0, 0.1) is 19.1 Å². The van der Waals surface area contributed by atoms with Crippen LogP contribution >= 0.6 is 0 Å². The summed E-state index contributed by atoms with van der Waals surface area (Å²) in [6, 6.07) is 63.5. The molecule has 11 aromatic rings. The number of nitrogens with zero attached hydrogens (tertiary/aromatic N) is 4. The molecular weight excluding hydrogens is 729 g/mol. The fraction of sp³-hybridized carbons (Fsp3) is 0.0893. The van der Waals surface area contributed by atoms with Gasteiger partial charge in [-0.25, -0.2) is 0 Å². The first-order valence-corrected chi connectivity index (χ1v) is 20.9. The summed E-state index contributed by atoms with van der Waals surface area (Å²) in [7, 11) is 0. The van der Waals surface area contributed by atoms with Crippen molar-refractivity contribution in [1.29, 1.82) is 0 Å². The van der Waals surface area contributed by atoms with Crippen molar-refractivity contribution < 1.29 is 0 Å². The number of pyridine rings is 1. The molecule has 0 amide bonds. The van der Waals surface area contributed by atoms with Crippen molar-refractivity contribution in [2.24, 2.45) is 0 Å². The van der Waals surface area contributed by atoms with E-state index in [-0.39, 0.29) is 0 Å². The van der Waals surface area contributed by atoms with Crippen LogP contribution in [0.3, 0.4) is 0 Å². The van der Waals surface area contributed by atoms with Gasteiger partial charge in [0.05, 0.1) is 38.7 Å². The number of rotatable bonds is 7. The van der Waals surface area contributed by atoms with Crippen LogP contribution in [0.4, 0.5) is 0 Å². The van der Waals surface area contributed by atoms with Gasteiger partial charge in [0.2, 0.25) is 0 Å². The van der Waals surface area contributed by atoms with E-state index in [2.05, 4.69) is 203 Å². The average molecular weight is 773 g/mol. The number of benzene rings is 6. The third-order valence-corrected chi connectivity index (χ3v) is 11.6. The van der Waals surface area contributed by atoms with E-state index in [1.54, 1.807) is 0 Å². The molecule has 0 spiro atoms. The van der Waals surface area contributed by atoms with Crippen LogP contribution in [-0.2, 0) is 0 Å². The number of hydrogen-bond acceptors (Lipinski definition) is 1. The maximum Gasteiger partial charge on any atom is 0.0628 e. The van der Waals surface area contributed by atoms with E-state index in [9.17, 15) is 0 Å². The van der Waals surface area contributed by atoms with Gasteiger partial charge in [0.25, 0.3) is 0 Å². The summed E-state index contributed by atoms with van der Waals surface area (Å²) in [5.74, 6) is 0. The molecular formula is C56H44N4. The predicted octanol–water partition coefficient (Wildman–Crippen LogP) is 14.9. The second-order valence-corrected chi connectivity index (χ2v) is 15.0. The summed E-state index contributed by atoms with van der Waals surface area (Å²) >= 11 is 0. The van der Waals surface area contributed by atoms with Crippen LogP contribution in [0.5, 0.6) is 0 Å². The van der Waals surface area contributed by atoms with Crippen LogP contribution in [0.25, 0.3) is 99.9 Å². The zero-order chi connectivity index (χ0) is 40.7. The molecule has 11 rings (SSSR count). The van der Waals surface area contributed by atoms with Crippen molar-refractivity contribution in [3.05, 3.63) is 200 Å². The standard InChI is InChI=1S/C54H38N4.C2H6/c1-3-4-20-49-36(2)44-15-5-10-21-50(44)57(49)42-31-38(32-43(33-42)58-53-24-13-8-18-47(53)48-19-9-14-25-54(48)58)40-30-39(34-55-35-40)37-26-28-41(29-27-37)56-51-22-11-6-16-45(51)46-17-7-12-23-52(46)56;1-2/h4,6-14,16-35H,3H2,1-2H3;1-2H3/b20-4-;. The van der Waals surface area contributed by atoms with E-state index in [1.807, 2.05) is 32.3 Å². The maximum absolute atomic E-state index is 4.86. The van der Waals surface area contributed by atoms with Gasteiger partial charge in [0.1, 0.15) is 0 Å². The predicted molar refractivity (Wildman–Crippen MR) is 254 cm³/mol. The van der Waals surface area contributed by atoms with Crippen molar-refractivity contribution in [3.8, 4) is 39.3 Å². The van der Waals surface area contributed by atoms with Crippen LogP contribution < -0.4 is 0 Å². The molecule has 4 nitrogen and oxygen atoms in total. The van der Waals surface area contributed by atoms with Crippen LogP contribution in [0.1, 0.15) is 38.4 Å². The summed E-state index contributed by atoms with van der Waals surface area (Å²) in [6.45, 7) is 8.37. The lowest BCUT2D eigenvalue weighted by atomic mass is 10.0. The number of allylic oxidation sites excluding steroid dienone is 1. The van der Waals surface area contributed by atoms with E-state index < -0.39 is 0 Å². The van der Waals surface area contributed by atoms with E-state index in [1.165, 1.54) is 49.2 Å². The van der Waals surface area contributed by atoms with Gasteiger partial charge in [-0.2, -0.15) is 0 Å². The highest BCUT2D eigenvalue weighted by atomic mass is 15.0. The van der Waals surface area contributed by atoms with Gasteiger partial charge < -0.3 is 13.7 Å². The van der Waals surface area contributed by atoms with Crippen molar-refractivity contribution >= 4 is 60.6 Å². The number of para-hydroxylation sites is 4. The Balaban J connectivity index is 0.00000213. The highest BCUT2D eigenvalue weighted by Gasteiger charge is 2.19. The Kier molecular flexibility index (Phi) is 9.35. The van der Waals surface area contributed by atoms with E-state index in [0.29, 0.717) is 0 Å². The Hall–Kier alpha value is -7.61. The quantitative estimate of drug-likeness (QED) is 0.159. The van der Waals surface area contributed by atoms with Crippen molar-refractivity contribution in [1.82, 2.24) is 18.7 Å². The van der Waals surface area contributed by atoms with Crippen LogP contribution in [0.2, 0.25) is 0 Å². The number of fused-ring (bicyclic) bond motifs is 7. The zero-order valence-electron chi connectivity index (χ0n) is 34.3. The molecule has 4 aromatic heterocycles. The minimum Gasteiger partial charge on any atom is -0.309 e. The molecule has 0 unspecified atom stereocenters. The normalized spacial score (nSPS) is 11.5. The fourth-order valence-corrected chi connectivity index (χ4v) is 8.97. The van der Waals surface area contributed by atoms with Gasteiger partial charge >= 0.3 is 0 Å². The topological polar surface area (TPSA) is 27.7 Å². The lowest BCUT2D eigenvalue weighted by molar-refractivity contribution is 1.08. The van der Waals surface area contributed by atoms with E-state index >= 15 is 0 Å². The van der Waals surface area contributed by atoms with Gasteiger partial charge in [0, 0.05) is 62.1 Å². The molecule has 0 N–H and O–H groups in total. The molecule has 7 aromatic carbocycles. The number of aryl methyl sites for hydroxylation is 1. The Bertz CT molecular complexity index is 3280. The third kappa shape index (κ3) is 5.98. The fourth-order valence-electron chi connectivity index (χ4n) is 8.97. The summed E-state index contributed by atoms with van der Waals surface area (Å²) in [4.78, 5) is 4.86. The lowest BCUT2D eigenvalue weighted by Crippen LogP contribution is -2.02. The van der Waals surface area contributed by atoms with Gasteiger partial charge in [0.15, 0.2) is 0 Å². The van der Waals surface area contributed by atoms with Crippen molar-refractivity contribution in [3.63, 3.8) is 0 Å². The van der Waals surface area contributed by atoms with Gasteiger partial charge in [-0.15, -0.1) is 0 Å². The second kappa shape index (κ2) is 15.3. The summed E-state index contributed by atoms with van der Waals surface area (Å²) in [5.41, 5.74) is 15.8. The maximum atomic E-state index is 4.86. The Morgan fingerprint density at radius 1 is 0.500 bits per heavy atom. The molecule has 4 heterocycles. The second-order valence-electron chi connectivity index (χ2n) is 15.0. The molecule has 0 saturated carbocycles. The molecule has 0 aliphatic carbocycles. The number of hydrogen-bond donors (Lipinski definition) is 0. The van der Waals surface area contributed by atoms with Gasteiger partial charge in [-0.05, 0) is 109 Å². The zero-order valence-corrected chi connectivity index (χ0v) is 34.3. The molecule has 60 heavy (non-hydrogen) atoms. The van der Waals surface area contributed by atoms with Gasteiger partial charge in [-0.1, -0.05) is 124 Å². The highest BCUT2D eigenvalue weighted by molar-refractivity contribution is 6.10. The summed E-state index contributed by atoms with van der Waals surface area (Å²) in [5, 5.41) is 6.06. The summed E-state index contributed by atoms with van der Waals surface area (Å²) < 4.78 is 7.15. The van der Waals surface area contributed by atoms with Crippen molar-refractivity contribution in [2.45, 2.75) is 34.1 Å². The van der Waals surface area contributed by atoms with Crippen LogP contribution in [-0.4, -0.2) is 18.7 Å². The van der Waals surface area contributed by atoms with Crippen LogP contribution in [0.15, 0.2) is 176 Å². The molecule has 0 radical (unpaired) electrons. The SMILES string of the molecule is CC.CC/C=C\c1c(C)c2c#cccc2n1-c1cc(-c2cncc(-c3ccc(-n4c5ccccc5c5ccccc54)cc3)c2)cc(-n2c3ccccc3c3ccccc32)c1. The molecule has 4 heteroatoms. The molecule has 0 saturated heterocycles. The highest BCUT2D eigenvalue weighted by Crippen LogP contribution is 2.38. The summed E-state index contributed by atoms with van der Waals surface area (Å²) in [6.07, 6.45) is 9.39. The van der Waals surface area contributed by atoms with Crippen molar-refractivity contribution in [2.75, 3.05) is 0 Å². The van der Waals surface area contributed by atoms with E-state index in [0.717, 1.165) is 62.3 Å². The molecule has 0 fully saturated rings. The first kappa shape index (κ1) is 36.7.